The normalized spacial score (nSPS) is 22.5. The van der Waals surface area contributed by atoms with Crippen LogP contribution in [0.1, 0.15) is 169 Å². The third kappa shape index (κ3) is 9.67. The molecular formula is C42H57NO. The molecule has 0 radical (unpaired) electrons. The molecule has 0 amide bonds. The highest BCUT2D eigenvalue weighted by Crippen LogP contribution is 2.42. The molecule has 1 heterocycles. The van der Waals surface area contributed by atoms with Gasteiger partial charge in [-0.2, -0.15) is 0 Å². The van der Waals surface area contributed by atoms with Crippen LogP contribution in [-0.4, -0.2) is 10.8 Å². The minimum atomic E-state index is 0.292. The molecule has 3 aliphatic carbocycles. The summed E-state index contributed by atoms with van der Waals surface area (Å²) in [4.78, 5) is 18.1. The fourth-order valence-corrected chi connectivity index (χ4v) is 7.99. The van der Waals surface area contributed by atoms with Gasteiger partial charge in [0.15, 0.2) is 0 Å². The van der Waals surface area contributed by atoms with Gasteiger partial charge in [0.25, 0.3) is 0 Å². The summed E-state index contributed by atoms with van der Waals surface area (Å²) >= 11 is 0. The van der Waals surface area contributed by atoms with Crippen molar-refractivity contribution in [3.05, 3.63) is 64.5 Å². The Labute approximate surface area is 268 Å². The van der Waals surface area contributed by atoms with E-state index in [1.807, 2.05) is 6.20 Å². The Kier molecular flexibility index (Phi) is 13.2. The molecule has 2 heteroatoms. The Bertz CT molecular complexity index is 1240. The highest BCUT2D eigenvalue weighted by Gasteiger charge is 2.34. The van der Waals surface area contributed by atoms with E-state index < -0.39 is 0 Å². The second-order valence-corrected chi connectivity index (χ2v) is 14.2. The number of unbranched alkanes of at least 4 members (excludes halogenated alkanes) is 9. The maximum atomic E-state index is 13.4. The van der Waals surface area contributed by atoms with Gasteiger partial charge in [0.1, 0.15) is 5.78 Å². The lowest BCUT2D eigenvalue weighted by atomic mass is 9.71. The molecular weight excluding hydrogens is 534 g/mol. The van der Waals surface area contributed by atoms with E-state index in [-0.39, 0.29) is 0 Å². The minimum Gasteiger partial charge on any atom is -0.299 e. The van der Waals surface area contributed by atoms with Crippen LogP contribution >= 0.6 is 0 Å². The number of pyridine rings is 1. The van der Waals surface area contributed by atoms with Crippen molar-refractivity contribution in [2.24, 2.45) is 17.8 Å². The first-order valence-electron chi connectivity index (χ1n) is 18.5. The molecule has 2 fully saturated rings. The van der Waals surface area contributed by atoms with E-state index in [2.05, 4.69) is 61.2 Å². The average molecular weight is 592 g/mol. The van der Waals surface area contributed by atoms with Crippen molar-refractivity contribution in [2.75, 3.05) is 0 Å². The number of aryl methyl sites for hydroxylation is 1. The summed E-state index contributed by atoms with van der Waals surface area (Å²) in [6, 6.07) is 11.1. The van der Waals surface area contributed by atoms with Crippen LogP contribution in [0.15, 0.2) is 36.5 Å². The summed E-state index contributed by atoms with van der Waals surface area (Å²) in [6.07, 6.45) is 32.5. The quantitative estimate of drug-likeness (QED) is 0.122. The molecule has 1 aromatic heterocycles. The number of ketones is 1. The Balaban J connectivity index is 0.911. The molecule has 0 bridgehead atoms. The summed E-state index contributed by atoms with van der Waals surface area (Å²) in [5.74, 6) is 9.31. The molecule has 2 nitrogen and oxygen atoms in total. The van der Waals surface area contributed by atoms with Crippen LogP contribution in [-0.2, 0) is 11.2 Å². The van der Waals surface area contributed by atoms with E-state index in [1.54, 1.807) is 0 Å². The van der Waals surface area contributed by atoms with Crippen LogP contribution in [0.3, 0.4) is 0 Å². The van der Waals surface area contributed by atoms with Crippen molar-refractivity contribution in [2.45, 2.75) is 148 Å². The molecule has 2 aromatic rings. The van der Waals surface area contributed by atoms with Crippen molar-refractivity contribution < 1.29 is 4.79 Å². The number of Topliss-reactive ketones (excluding diaryl/α,β-unsaturated/α-hetero) is 1. The maximum Gasteiger partial charge on any atom is 0.139 e. The lowest BCUT2D eigenvalue weighted by Crippen LogP contribution is -2.30. The number of nitrogens with zero attached hydrogens (tertiary/aromatic N) is 1. The van der Waals surface area contributed by atoms with Gasteiger partial charge in [0.05, 0.1) is 5.69 Å². The fourth-order valence-electron chi connectivity index (χ4n) is 7.99. The van der Waals surface area contributed by atoms with Crippen LogP contribution in [0, 0.1) is 29.6 Å². The zero-order valence-corrected chi connectivity index (χ0v) is 27.6. The fraction of sp³-hybridized carbons (Fsp3) is 0.619. The van der Waals surface area contributed by atoms with Gasteiger partial charge in [0.2, 0.25) is 0 Å². The predicted molar refractivity (Wildman–Crippen MR) is 186 cm³/mol. The van der Waals surface area contributed by atoms with Crippen LogP contribution in [0.5, 0.6) is 0 Å². The standard InChI is InChI=1S/C42H57NO/c1-2-3-4-5-6-7-8-9-10-11-12-14-33-17-19-34(20-18-33)15-13-16-35-21-23-38(24-22-35)42(44)39-27-25-37(26-28-39)41-40-30-29-36(40)31-32-43-41/h17-20,29-32,35,37-39H,2-11,13,15-16,21-28H2,1H3. The largest absolute Gasteiger partial charge is 0.299 e. The summed E-state index contributed by atoms with van der Waals surface area (Å²) < 4.78 is 0. The van der Waals surface area contributed by atoms with Gasteiger partial charge in [-0.1, -0.05) is 101 Å². The molecule has 0 spiro atoms. The number of hydrogen-bond acceptors (Lipinski definition) is 2. The van der Waals surface area contributed by atoms with Gasteiger partial charge in [-0.25, -0.2) is 0 Å². The second-order valence-electron chi connectivity index (χ2n) is 14.2. The molecule has 5 rings (SSSR count). The maximum absolute atomic E-state index is 13.4. The third-order valence-corrected chi connectivity index (χ3v) is 10.9. The van der Waals surface area contributed by atoms with E-state index in [4.69, 9.17) is 4.98 Å². The first-order chi connectivity index (χ1) is 21.7. The Hall–Kier alpha value is -2.66. The Morgan fingerprint density at radius 1 is 0.750 bits per heavy atom. The van der Waals surface area contributed by atoms with E-state index in [0.29, 0.717) is 23.5 Å². The van der Waals surface area contributed by atoms with Crippen LogP contribution in [0.2, 0.25) is 0 Å². The molecule has 44 heavy (non-hydrogen) atoms. The zero-order valence-electron chi connectivity index (χ0n) is 27.6. The SMILES string of the molecule is CCCCCCCCCCCC#Cc1ccc(CCCC2CCC(C(=O)C3CCC(c4nccc5c4C=C5)CC3)CC2)cc1. The van der Waals surface area contributed by atoms with Crippen molar-refractivity contribution in [3.63, 3.8) is 0 Å². The molecule has 1 aromatic carbocycles. The highest BCUT2D eigenvalue weighted by atomic mass is 16.1. The van der Waals surface area contributed by atoms with Crippen molar-refractivity contribution >= 4 is 17.9 Å². The Morgan fingerprint density at radius 3 is 2.07 bits per heavy atom. The minimum absolute atomic E-state index is 0.292. The highest BCUT2D eigenvalue weighted by molar-refractivity contribution is 5.87. The number of carbonyl (C=O) groups is 1. The lowest BCUT2D eigenvalue weighted by molar-refractivity contribution is -0.129. The number of carbonyl (C=O) groups excluding carboxylic acids is 1. The van der Waals surface area contributed by atoms with Gasteiger partial charge in [-0.3, -0.25) is 9.78 Å². The second kappa shape index (κ2) is 17.7. The molecule has 0 aliphatic heterocycles. The number of aromatic nitrogens is 1. The van der Waals surface area contributed by atoms with E-state index in [1.165, 1.54) is 106 Å². The zero-order chi connectivity index (χ0) is 30.4. The number of benzene rings is 1. The lowest BCUT2D eigenvalue weighted by Gasteiger charge is -2.33. The first kappa shape index (κ1) is 32.7. The summed E-state index contributed by atoms with van der Waals surface area (Å²) in [6.45, 7) is 2.28. The van der Waals surface area contributed by atoms with Crippen molar-refractivity contribution in [3.8, 4) is 11.8 Å². The van der Waals surface area contributed by atoms with E-state index >= 15 is 0 Å². The first-order valence-corrected chi connectivity index (χ1v) is 18.5. The molecule has 236 valence electrons. The summed E-state index contributed by atoms with van der Waals surface area (Å²) in [5.41, 5.74) is 6.55. The van der Waals surface area contributed by atoms with Gasteiger partial charge >= 0.3 is 0 Å². The molecule has 2 saturated carbocycles. The van der Waals surface area contributed by atoms with E-state index in [9.17, 15) is 4.79 Å². The van der Waals surface area contributed by atoms with Crippen LogP contribution in [0.25, 0.3) is 12.2 Å². The predicted octanol–water partition coefficient (Wildman–Crippen LogP) is 11.5. The number of rotatable bonds is 16. The summed E-state index contributed by atoms with van der Waals surface area (Å²) in [7, 11) is 0. The van der Waals surface area contributed by atoms with Gasteiger partial charge in [-0.15, -0.1) is 0 Å². The summed E-state index contributed by atoms with van der Waals surface area (Å²) in [5, 5.41) is 0. The van der Waals surface area contributed by atoms with Crippen LogP contribution < -0.4 is 0 Å². The van der Waals surface area contributed by atoms with E-state index in [0.717, 1.165) is 62.8 Å². The average Bonchev–Trinajstić information content (AvgIpc) is 3.05. The third-order valence-electron chi connectivity index (χ3n) is 10.9. The van der Waals surface area contributed by atoms with Crippen LogP contribution in [0.4, 0.5) is 0 Å². The van der Waals surface area contributed by atoms with Gasteiger partial charge in [-0.05, 0) is 106 Å². The monoisotopic (exact) mass is 591 g/mol. The van der Waals surface area contributed by atoms with Gasteiger partial charge in [0, 0.05) is 41.5 Å². The molecule has 0 unspecified atom stereocenters. The molecule has 0 atom stereocenters. The van der Waals surface area contributed by atoms with Gasteiger partial charge < -0.3 is 0 Å². The smallest absolute Gasteiger partial charge is 0.139 e. The molecule has 0 saturated heterocycles. The van der Waals surface area contributed by atoms with Crippen molar-refractivity contribution in [1.29, 1.82) is 0 Å². The molecule has 3 aliphatic rings. The van der Waals surface area contributed by atoms with Crippen molar-refractivity contribution in [1.82, 2.24) is 4.98 Å². The molecule has 0 N–H and O–H groups in total. The Morgan fingerprint density at radius 2 is 1.41 bits per heavy atom. The topological polar surface area (TPSA) is 30.0 Å². The number of hydrogen-bond donors (Lipinski definition) is 0. The number of fused-ring (bicyclic) bond motifs is 1.